The van der Waals surface area contributed by atoms with E-state index in [1.807, 2.05) is 0 Å². The van der Waals surface area contributed by atoms with Crippen molar-refractivity contribution in [2.24, 2.45) is 5.73 Å². The molecule has 0 unspecified atom stereocenters. The van der Waals surface area contributed by atoms with Crippen molar-refractivity contribution in [1.29, 1.82) is 0 Å². The van der Waals surface area contributed by atoms with Gasteiger partial charge in [-0.2, -0.15) is 0 Å². The highest BCUT2D eigenvalue weighted by molar-refractivity contribution is 5.93. The minimum Gasteiger partial charge on any atom is -0.486 e. The lowest BCUT2D eigenvalue weighted by molar-refractivity contribution is -0.384. The molecule has 0 fully saturated rings. The summed E-state index contributed by atoms with van der Waals surface area (Å²) in [5.74, 6) is 0.418. The number of carbonyl (C=O) groups is 1. The number of nitrogens with one attached hydrogen (secondary N) is 1. The zero-order valence-electron chi connectivity index (χ0n) is 11.5. The lowest BCUT2D eigenvalue weighted by Gasteiger charge is -2.19. The number of fused-ring (bicyclic) bond motifs is 1. The average Bonchev–Trinajstić information content (AvgIpc) is 2.46. The molecule has 1 amide bonds. The predicted octanol–water partition coefficient (Wildman–Crippen LogP) is 1.43. The first-order chi connectivity index (χ1) is 10.1. The van der Waals surface area contributed by atoms with E-state index in [0.29, 0.717) is 37.7 Å². The van der Waals surface area contributed by atoms with Crippen LogP contribution in [0.5, 0.6) is 11.5 Å². The summed E-state index contributed by atoms with van der Waals surface area (Å²) in [6.07, 6.45) is 1.64. The van der Waals surface area contributed by atoms with E-state index in [1.165, 1.54) is 12.1 Å². The van der Waals surface area contributed by atoms with Gasteiger partial charge < -0.3 is 20.5 Å². The number of nitrogens with zero attached hydrogens (tertiary/aromatic N) is 1. The Balaban J connectivity index is 2.17. The monoisotopic (exact) mass is 295 g/mol. The lowest BCUT2D eigenvalue weighted by atomic mass is 10.2. The Morgan fingerprint density at radius 1 is 1.29 bits per heavy atom. The van der Waals surface area contributed by atoms with Crippen LogP contribution in [0.1, 0.15) is 19.3 Å². The second kappa shape index (κ2) is 6.89. The number of anilines is 1. The highest BCUT2D eigenvalue weighted by Crippen LogP contribution is 2.39. The molecule has 1 aromatic rings. The van der Waals surface area contributed by atoms with Gasteiger partial charge in [-0.3, -0.25) is 14.9 Å². The number of carbonyl (C=O) groups excluding carboxylic acids is 1. The van der Waals surface area contributed by atoms with E-state index in [4.69, 9.17) is 15.2 Å². The first-order valence-electron chi connectivity index (χ1n) is 6.69. The van der Waals surface area contributed by atoms with E-state index < -0.39 is 4.92 Å². The van der Waals surface area contributed by atoms with Crippen molar-refractivity contribution in [2.45, 2.75) is 19.3 Å². The maximum Gasteiger partial charge on any atom is 0.296 e. The first kappa shape index (κ1) is 15.0. The highest BCUT2D eigenvalue weighted by atomic mass is 16.6. The fourth-order valence-electron chi connectivity index (χ4n) is 1.97. The van der Waals surface area contributed by atoms with Crippen LogP contribution in [0.15, 0.2) is 12.1 Å². The molecule has 1 heterocycles. The molecule has 8 nitrogen and oxygen atoms in total. The van der Waals surface area contributed by atoms with Gasteiger partial charge in [0.1, 0.15) is 18.9 Å². The maximum absolute atomic E-state index is 11.8. The van der Waals surface area contributed by atoms with Gasteiger partial charge >= 0.3 is 0 Å². The van der Waals surface area contributed by atoms with Crippen molar-refractivity contribution >= 4 is 17.3 Å². The molecular weight excluding hydrogens is 278 g/mol. The number of nitro groups is 1. The van der Waals surface area contributed by atoms with Crippen molar-refractivity contribution in [3.05, 3.63) is 22.2 Å². The van der Waals surface area contributed by atoms with Gasteiger partial charge in [-0.1, -0.05) is 0 Å². The van der Waals surface area contributed by atoms with Crippen LogP contribution in [0, 0.1) is 10.1 Å². The van der Waals surface area contributed by atoms with Gasteiger partial charge in [-0.25, -0.2) is 0 Å². The van der Waals surface area contributed by atoms with E-state index >= 15 is 0 Å². The summed E-state index contributed by atoms with van der Waals surface area (Å²) in [5, 5.41) is 13.6. The molecule has 0 spiro atoms. The molecule has 0 atom stereocenters. The molecule has 3 N–H and O–H groups in total. The number of nitro benzene ring substituents is 1. The number of rotatable bonds is 6. The van der Waals surface area contributed by atoms with Gasteiger partial charge in [0.2, 0.25) is 5.91 Å². The number of ether oxygens (including phenoxy) is 2. The van der Waals surface area contributed by atoms with Gasteiger partial charge in [0, 0.05) is 12.5 Å². The molecule has 1 aromatic carbocycles. The van der Waals surface area contributed by atoms with Gasteiger partial charge in [-0.15, -0.1) is 0 Å². The van der Waals surface area contributed by atoms with Crippen LogP contribution in [-0.2, 0) is 4.79 Å². The summed E-state index contributed by atoms with van der Waals surface area (Å²) in [6, 6.07) is 2.69. The van der Waals surface area contributed by atoms with Crippen LogP contribution in [0.25, 0.3) is 0 Å². The Hall–Kier alpha value is -2.35. The summed E-state index contributed by atoms with van der Waals surface area (Å²) in [7, 11) is 0. The molecular formula is C13H17N3O5. The van der Waals surface area contributed by atoms with Crippen molar-refractivity contribution in [3.63, 3.8) is 0 Å². The van der Waals surface area contributed by atoms with Gasteiger partial charge in [0.15, 0.2) is 11.5 Å². The summed E-state index contributed by atoms with van der Waals surface area (Å²) < 4.78 is 10.7. The quantitative estimate of drug-likeness (QED) is 0.466. The fourth-order valence-corrected chi connectivity index (χ4v) is 1.97. The smallest absolute Gasteiger partial charge is 0.296 e. The highest BCUT2D eigenvalue weighted by Gasteiger charge is 2.23. The first-order valence-corrected chi connectivity index (χ1v) is 6.69. The number of nitrogens with two attached hydrogens (primary N) is 1. The molecule has 114 valence electrons. The average molecular weight is 295 g/mol. The second-order valence-corrected chi connectivity index (χ2v) is 4.56. The Kier molecular flexibility index (Phi) is 4.94. The third-order valence-corrected chi connectivity index (χ3v) is 2.99. The Bertz CT molecular complexity index is 547. The standard InChI is InChI=1S/C13H17N3O5/c14-4-2-1-3-13(17)15-9-7-11-12(21-6-5-20-11)8-10(9)16(18)19/h7-8H,1-6,14H2,(H,15,17). The van der Waals surface area contributed by atoms with E-state index in [2.05, 4.69) is 5.32 Å². The van der Waals surface area contributed by atoms with Crippen LogP contribution < -0.4 is 20.5 Å². The third kappa shape index (κ3) is 3.82. The third-order valence-electron chi connectivity index (χ3n) is 2.99. The second-order valence-electron chi connectivity index (χ2n) is 4.56. The van der Waals surface area contributed by atoms with Crippen LogP contribution in [0.4, 0.5) is 11.4 Å². The normalized spacial score (nSPS) is 12.8. The summed E-state index contributed by atoms with van der Waals surface area (Å²) >= 11 is 0. The molecule has 8 heteroatoms. The zero-order valence-corrected chi connectivity index (χ0v) is 11.5. The minimum absolute atomic E-state index is 0.113. The number of hydrogen-bond donors (Lipinski definition) is 2. The van der Waals surface area contributed by atoms with Crippen molar-refractivity contribution in [3.8, 4) is 11.5 Å². The van der Waals surface area contributed by atoms with Gasteiger partial charge in [0.05, 0.1) is 11.0 Å². The largest absolute Gasteiger partial charge is 0.486 e. The van der Waals surface area contributed by atoms with Gasteiger partial charge in [0.25, 0.3) is 5.69 Å². The SMILES string of the molecule is NCCCCC(=O)Nc1cc2c(cc1[N+](=O)[O-])OCCO2. The molecule has 0 saturated carbocycles. The Morgan fingerprint density at radius 3 is 2.57 bits per heavy atom. The molecule has 0 bridgehead atoms. The van der Waals surface area contributed by atoms with Crippen molar-refractivity contribution in [1.82, 2.24) is 0 Å². The van der Waals surface area contributed by atoms with E-state index in [0.717, 1.165) is 6.42 Å². The van der Waals surface area contributed by atoms with E-state index in [-0.39, 0.29) is 23.7 Å². The topological polar surface area (TPSA) is 117 Å². The van der Waals surface area contributed by atoms with Crippen LogP contribution in [-0.4, -0.2) is 30.6 Å². The number of amides is 1. The summed E-state index contributed by atoms with van der Waals surface area (Å²) in [5.41, 5.74) is 5.25. The predicted molar refractivity (Wildman–Crippen MR) is 75.6 cm³/mol. The number of hydrogen-bond acceptors (Lipinski definition) is 6. The molecule has 1 aliphatic heterocycles. The zero-order chi connectivity index (χ0) is 15.2. The van der Waals surface area contributed by atoms with Crippen LogP contribution in [0.3, 0.4) is 0 Å². The summed E-state index contributed by atoms with van der Waals surface area (Å²) in [4.78, 5) is 22.3. The van der Waals surface area contributed by atoms with Crippen LogP contribution >= 0.6 is 0 Å². The van der Waals surface area contributed by atoms with Crippen molar-refractivity contribution in [2.75, 3.05) is 25.1 Å². The van der Waals surface area contributed by atoms with E-state index in [9.17, 15) is 14.9 Å². The number of unbranched alkanes of at least 4 members (excludes halogenated alkanes) is 1. The molecule has 1 aliphatic rings. The van der Waals surface area contributed by atoms with E-state index in [1.54, 1.807) is 0 Å². The number of benzene rings is 1. The minimum atomic E-state index is -0.562. The molecule has 0 aliphatic carbocycles. The Morgan fingerprint density at radius 2 is 1.95 bits per heavy atom. The lowest BCUT2D eigenvalue weighted by Crippen LogP contribution is -2.17. The molecule has 2 rings (SSSR count). The molecule has 0 saturated heterocycles. The van der Waals surface area contributed by atoms with Gasteiger partial charge in [-0.05, 0) is 19.4 Å². The molecule has 21 heavy (non-hydrogen) atoms. The molecule has 0 radical (unpaired) electrons. The fraction of sp³-hybridized carbons (Fsp3) is 0.462. The van der Waals surface area contributed by atoms with Crippen LogP contribution in [0.2, 0.25) is 0 Å². The molecule has 0 aromatic heterocycles. The Labute approximate surface area is 121 Å². The maximum atomic E-state index is 11.8. The summed E-state index contributed by atoms with van der Waals surface area (Å²) in [6.45, 7) is 1.22. The van der Waals surface area contributed by atoms with Crippen molar-refractivity contribution < 1.29 is 19.2 Å².